The minimum atomic E-state index is -4.94. The molecule has 0 atom stereocenters. The van der Waals surface area contributed by atoms with Gasteiger partial charge in [0.25, 0.3) is 0 Å². The molecule has 3 aromatic rings. The molecule has 142 valence electrons. The Bertz CT molecular complexity index is 1020. The second kappa shape index (κ2) is 6.40. The lowest BCUT2D eigenvalue weighted by Gasteiger charge is -2.16. The van der Waals surface area contributed by atoms with Gasteiger partial charge in [-0.3, -0.25) is 9.48 Å². The number of aromatic nitrogens is 2. The molecule has 0 bridgehead atoms. The Kier molecular flexibility index (Phi) is 4.49. The zero-order chi connectivity index (χ0) is 20.0. The first-order valence-corrected chi connectivity index (χ1v) is 7.70. The molecule has 9 heteroatoms. The van der Waals surface area contributed by atoms with Gasteiger partial charge in [-0.05, 0) is 30.7 Å². The number of carbonyl (C=O) groups is 1. The zero-order valence-electron chi connectivity index (χ0n) is 13.8. The molecule has 0 aliphatic rings. The van der Waals surface area contributed by atoms with Crippen molar-refractivity contribution in [3.8, 4) is 0 Å². The number of fused-ring (bicyclic) bond motifs is 1. The van der Waals surface area contributed by atoms with E-state index in [9.17, 15) is 31.1 Å². The number of hydrogen-bond donors (Lipinski definition) is 0. The van der Waals surface area contributed by atoms with E-state index in [4.69, 9.17) is 0 Å². The molecule has 0 saturated carbocycles. The molecule has 3 rings (SSSR count). The summed E-state index contributed by atoms with van der Waals surface area (Å²) in [6, 6.07) is 6.20. The lowest BCUT2D eigenvalue weighted by molar-refractivity contribution is -0.143. The topological polar surface area (TPSA) is 34.9 Å². The number of aryl methyl sites for hydroxylation is 1. The number of alkyl halides is 6. The first-order chi connectivity index (χ1) is 12.5. The molecule has 0 spiro atoms. The minimum absolute atomic E-state index is 0.110. The number of rotatable bonds is 3. The number of aldehydes is 1. The Hall–Kier alpha value is -2.84. The third kappa shape index (κ3) is 3.67. The number of benzene rings is 2. The maximum Gasteiger partial charge on any atom is 0.416 e. The highest BCUT2D eigenvalue weighted by Gasteiger charge is 2.38. The second-order valence-corrected chi connectivity index (χ2v) is 6.00. The SMILES string of the molecule is Cc1c2ccc(C=O)cc2nn1Cc1ccc(C(F)(F)F)cc1C(F)(F)F. The molecule has 3 nitrogen and oxygen atoms in total. The second-order valence-electron chi connectivity index (χ2n) is 6.00. The van der Waals surface area contributed by atoms with Crippen LogP contribution in [0.5, 0.6) is 0 Å². The molecule has 1 heterocycles. The van der Waals surface area contributed by atoms with Crippen LogP contribution in [0.1, 0.15) is 32.7 Å². The molecule has 0 N–H and O–H groups in total. The van der Waals surface area contributed by atoms with Gasteiger partial charge in [0.05, 0.1) is 23.2 Å². The van der Waals surface area contributed by atoms with Crippen molar-refractivity contribution in [1.29, 1.82) is 0 Å². The largest absolute Gasteiger partial charge is 0.416 e. The Morgan fingerprint density at radius 1 is 1.00 bits per heavy atom. The highest BCUT2D eigenvalue weighted by Crippen LogP contribution is 2.37. The third-order valence-electron chi connectivity index (χ3n) is 4.23. The van der Waals surface area contributed by atoms with Crippen LogP contribution in [0.3, 0.4) is 0 Å². The molecule has 2 aromatic carbocycles. The molecule has 1 aromatic heterocycles. The van der Waals surface area contributed by atoms with Gasteiger partial charge in [0.2, 0.25) is 0 Å². The van der Waals surface area contributed by atoms with Gasteiger partial charge < -0.3 is 0 Å². The van der Waals surface area contributed by atoms with Crippen molar-refractivity contribution >= 4 is 17.2 Å². The van der Waals surface area contributed by atoms with Gasteiger partial charge in [0.1, 0.15) is 6.29 Å². The molecule has 0 aliphatic carbocycles. The van der Waals surface area contributed by atoms with E-state index in [0.29, 0.717) is 34.5 Å². The van der Waals surface area contributed by atoms with Gasteiger partial charge in [-0.25, -0.2) is 0 Å². The van der Waals surface area contributed by atoms with E-state index in [1.807, 2.05) is 0 Å². The summed E-state index contributed by atoms with van der Waals surface area (Å²) in [6.45, 7) is 1.27. The molecular formula is C18H12F6N2O. The van der Waals surface area contributed by atoms with Gasteiger partial charge >= 0.3 is 12.4 Å². The predicted octanol–water partition coefficient (Wildman–Crippen LogP) is 5.24. The van der Waals surface area contributed by atoms with E-state index < -0.39 is 23.5 Å². The highest BCUT2D eigenvalue weighted by atomic mass is 19.4. The standard InChI is InChI=1S/C18H12F6N2O/c1-10-14-5-2-11(9-27)6-16(14)25-26(10)8-12-3-4-13(17(19,20)21)7-15(12)18(22,23)24/h2-7,9H,8H2,1H3. The van der Waals surface area contributed by atoms with Crippen molar-refractivity contribution < 1.29 is 31.1 Å². The molecular weight excluding hydrogens is 374 g/mol. The van der Waals surface area contributed by atoms with E-state index in [2.05, 4.69) is 5.10 Å². The Morgan fingerprint density at radius 3 is 2.30 bits per heavy atom. The van der Waals surface area contributed by atoms with Gasteiger partial charge in [0.15, 0.2) is 0 Å². The fourth-order valence-corrected chi connectivity index (χ4v) is 2.82. The maximum atomic E-state index is 13.3. The molecule has 0 saturated heterocycles. The van der Waals surface area contributed by atoms with Gasteiger partial charge in [0, 0.05) is 16.6 Å². The van der Waals surface area contributed by atoms with Crippen LogP contribution in [-0.4, -0.2) is 16.1 Å². The summed E-state index contributed by atoms with van der Waals surface area (Å²) in [4.78, 5) is 10.8. The average molecular weight is 386 g/mol. The normalized spacial score (nSPS) is 12.6. The summed E-state index contributed by atoms with van der Waals surface area (Å²) in [7, 11) is 0. The summed E-state index contributed by atoms with van der Waals surface area (Å²) in [6.07, 6.45) is -9.20. The number of carbonyl (C=O) groups excluding carboxylic acids is 1. The van der Waals surface area contributed by atoms with E-state index in [1.165, 1.54) is 10.7 Å². The van der Waals surface area contributed by atoms with Crippen molar-refractivity contribution in [2.45, 2.75) is 25.8 Å². The summed E-state index contributed by atoms with van der Waals surface area (Å²) in [5.41, 5.74) is -1.74. The van der Waals surface area contributed by atoms with Gasteiger partial charge in [-0.15, -0.1) is 0 Å². The van der Waals surface area contributed by atoms with Crippen molar-refractivity contribution in [3.05, 3.63) is 64.3 Å². The number of halogens is 6. The first kappa shape index (κ1) is 18.9. The highest BCUT2D eigenvalue weighted by molar-refractivity contribution is 5.88. The smallest absolute Gasteiger partial charge is 0.298 e. The monoisotopic (exact) mass is 386 g/mol. The first-order valence-electron chi connectivity index (χ1n) is 7.70. The molecule has 0 radical (unpaired) electrons. The maximum absolute atomic E-state index is 13.3. The van der Waals surface area contributed by atoms with Crippen LogP contribution in [0, 0.1) is 6.92 Å². The van der Waals surface area contributed by atoms with Crippen LogP contribution in [0.25, 0.3) is 10.9 Å². The molecule has 0 amide bonds. The van der Waals surface area contributed by atoms with Gasteiger partial charge in [-0.1, -0.05) is 18.2 Å². The van der Waals surface area contributed by atoms with E-state index in [1.54, 1.807) is 19.1 Å². The summed E-state index contributed by atoms with van der Waals surface area (Å²) in [5.74, 6) is 0. The van der Waals surface area contributed by atoms with Crippen LogP contribution in [0.4, 0.5) is 26.3 Å². The van der Waals surface area contributed by atoms with Crippen LogP contribution in [0.15, 0.2) is 36.4 Å². The summed E-state index contributed by atoms with van der Waals surface area (Å²) in [5, 5.41) is 4.82. The van der Waals surface area contributed by atoms with Crippen LogP contribution in [0.2, 0.25) is 0 Å². The Balaban J connectivity index is 2.08. The Morgan fingerprint density at radius 2 is 1.70 bits per heavy atom. The minimum Gasteiger partial charge on any atom is -0.298 e. The van der Waals surface area contributed by atoms with Crippen molar-refractivity contribution in [3.63, 3.8) is 0 Å². The van der Waals surface area contributed by atoms with E-state index in [-0.39, 0.29) is 18.2 Å². The zero-order valence-corrected chi connectivity index (χ0v) is 13.8. The van der Waals surface area contributed by atoms with E-state index in [0.717, 1.165) is 6.07 Å². The van der Waals surface area contributed by atoms with Crippen LogP contribution < -0.4 is 0 Å². The van der Waals surface area contributed by atoms with E-state index >= 15 is 0 Å². The fraction of sp³-hybridized carbons (Fsp3) is 0.222. The molecule has 27 heavy (non-hydrogen) atoms. The van der Waals surface area contributed by atoms with Crippen molar-refractivity contribution in [1.82, 2.24) is 9.78 Å². The van der Waals surface area contributed by atoms with Gasteiger partial charge in [-0.2, -0.15) is 31.4 Å². The summed E-state index contributed by atoms with van der Waals surface area (Å²) < 4.78 is 79.5. The average Bonchev–Trinajstić information content (AvgIpc) is 2.88. The molecule has 0 aliphatic heterocycles. The van der Waals surface area contributed by atoms with Crippen molar-refractivity contribution in [2.75, 3.05) is 0 Å². The molecule has 0 unspecified atom stereocenters. The third-order valence-corrected chi connectivity index (χ3v) is 4.23. The number of nitrogens with zero attached hydrogens (tertiary/aromatic N) is 2. The molecule has 0 fully saturated rings. The van der Waals surface area contributed by atoms with Crippen LogP contribution in [-0.2, 0) is 18.9 Å². The predicted molar refractivity (Wildman–Crippen MR) is 85.4 cm³/mol. The lowest BCUT2D eigenvalue weighted by atomic mass is 10.0. The summed E-state index contributed by atoms with van der Waals surface area (Å²) >= 11 is 0. The lowest BCUT2D eigenvalue weighted by Crippen LogP contribution is -2.15. The Labute approximate surface area is 149 Å². The number of hydrogen-bond acceptors (Lipinski definition) is 2. The van der Waals surface area contributed by atoms with Crippen LogP contribution >= 0.6 is 0 Å². The quantitative estimate of drug-likeness (QED) is 0.456. The fourth-order valence-electron chi connectivity index (χ4n) is 2.82. The van der Waals surface area contributed by atoms with Crippen molar-refractivity contribution in [2.24, 2.45) is 0 Å².